The summed E-state index contributed by atoms with van der Waals surface area (Å²) in [7, 11) is 4.61. The van der Waals surface area contributed by atoms with Crippen LogP contribution in [0.5, 0.6) is 11.5 Å². The molecule has 0 amide bonds. The molecule has 6 nitrogen and oxygen atoms in total. The van der Waals surface area contributed by atoms with Crippen molar-refractivity contribution in [3.63, 3.8) is 0 Å². The van der Waals surface area contributed by atoms with Crippen molar-refractivity contribution in [1.82, 2.24) is 4.98 Å². The van der Waals surface area contributed by atoms with Gasteiger partial charge < -0.3 is 19.3 Å². The summed E-state index contributed by atoms with van der Waals surface area (Å²) in [4.78, 5) is 15.8. The molecule has 1 heterocycles. The molecule has 112 valence electrons. The van der Waals surface area contributed by atoms with Gasteiger partial charge in [0, 0.05) is 18.7 Å². The maximum Gasteiger partial charge on any atom is 0.347 e. The number of methoxy groups -OCH3 is 3. The van der Waals surface area contributed by atoms with Crippen molar-refractivity contribution in [3.8, 4) is 22.1 Å². The zero-order valence-corrected chi connectivity index (χ0v) is 12.7. The van der Waals surface area contributed by atoms with Gasteiger partial charge in [0.15, 0.2) is 0 Å². The van der Waals surface area contributed by atoms with Gasteiger partial charge in [0.2, 0.25) is 0 Å². The first-order valence-corrected chi connectivity index (χ1v) is 6.86. The molecule has 0 aliphatic heterocycles. The van der Waals surface area contributed by atoms with E-state index in [1.807, 2.05) is 0 Å². The number of carbonyl (C=O) groups is 1. The van der Waals surface area contributed by atoms with Crippen molar-refractivity contribution < 1.29 is 24.1 Å². The lowest BCUT2D eigenvalue weighted by Gasteiger charge is -2.06. The Labute approximate surface area is 125 Å². The van der Waals surface area contributed by atoms with Crippen LogP contribution < -0.4 is 9.47 Å². The van der Waals surface area contributed by atoms with E-state index >= 15 is 0 Å². The highest BCUT2D eigenvalue weighted by atomic mass is 32.1. The van der Waals surface area contributed by atoms with Gasteiger partial charge in [-0.1, -0.05) is 0 Å². The Morgan fingerprint density at radius 3 is 2.29 bits per heavy atom. The first kappa shape index (κ1) is 15.3. The van der Waals surface area contributed by atoms with Crippen LogP contribution in [0, 0.1) is 0 Å². The number of aromatic nitrogens is 1. The molecule has 0 atom stereocenters. The number of thiazole rings is 1. The summed E-state index contributed by atoms with van der Waals surface area (Å²) < 4.78 is 15.4. The lowest BCUT2D eigenvalue weighted by atomic mass is 10.2. The van der Waals surface area contributed by atoms with Crippen LogP contribution in [-0.4, -0.2) is 37.4 Å². The lowest BCUT2D eigenvalue weighted by molar-refractivity contribution is 0.0697. The van der Waals surface area contributed by atoms with Gasteiger partial charge >= 0.3 is 5.97 Å². The fraction of sp³-hybridized carbons (Fsp3) is 0.286. The molecule has 21 heavy (non-hydrogen) atoms. The van der Waals surface area contributed by atoms with Crippen molar-refractivity contribution in [2.45, 2.75) is 6.61 Å². The summed E-state index contributed by atoms with van der Waals surface area (Å²) in [6.45, 7) is 0.152. The highest BCUT2D eigenvalue weighted by molar-refractivity contribution is 7.17. The van der Waals surface area contributed by atoms with E-state index in [1.165, 1.54) is 7.11 Å². The topological polar surface area (TPSA) is 77.9 Å². The second kappa shape index (κ2) is 6.55. The molecule has 0 radical (unpaired) electrons. The van der Waals surface area contributed by atoms with Crippen molar-refractivity contribution in [2.75, 3.05) is 21.3 Å². The molecule has 2 aromatic rings. The monoisotopic (exact) mass is 309 g/mol. The Morgan fingerprint density at radius 2 is 1.81 bits per heavy atom. The number of aromatic carboxylic acids is 1. The van der Waals surface area contributed by atoms with E-state index in [4.69, 9.17) is 14.2 Å². The van der Waals surface area contributed by atoms with E-state index in [-0.39, 0.29) is 11.5 Å². The molecule has 0 saturated heterocycles. The Morgan fingerprint density at radius 1 is 1.19 bits per heavy atom. The van der Waals surface area contributed by atoms with Crippen molar-refractivity contribution in [2.24, 2.45) is 0 Å². The molecule has 7 heteroatoms. The largest absolute Gasteiger partial charge is 0.497 e. The molecule has 0 fully saturated rings. The highest BCUT2D eigenvalue weighted by Crippen LogP contribution is 2.33. The van der Waals surface area contributed by atoms with Crippen LogP contribution in [0.2, 0.25) is 0 Å². The molecule has 0 aliphatic rings. The summed E-state index contributed by atoms with van der Waals surface area (Å²) in [5, 5.41) is 9.80. The Hall–Kier alpha value is -2.12. The minimum atomic E-state index is -1.01. The summed E-state index contributed by atoms with van der Waals surface area (Å²) in [5.74, 6) is 0.218. The van der Waals surface area contributed by atoms with Gasteiger partial charge in [0.1, 0.15) is 21.4 Å². The average molecular weight is 309 g/mol. The maximum atomic E-state index is 11.3. The third-order valence-corrected chi connectivity index (χ3v) is 3.91. The molecule has 1 aromatic carbocycles. The predicted molar refractivity (Wildman–Crippen MR) is 78.3 cm³/mol. The number of carboxylic acids is 1. The molecule has 0 bridgehead atoms. The van der Waals surface area contributed by atoms with E-state index in [0.29, 0.717) is 22.2 Å². The molecule has 1 aromatic heterocycles. The molecule has 0 saturated carbocycles. The SMILES string of the molecule is COCc1nc(-c2cc(OC)cc(OC)c2)sc1C(=O)O. The van der Waals surface area contributed by atoms with Gasteiger partial charge in [0.05, 0.1) is 26.5 Å². The number of ether oxygens (including phenoxy) is 3. The Kier molecular flexibility index (Phi) is 4.77. The van der Waals surface area contributed by atoms with Crippen LogP contribution in [0.25, 0.3) is 10.6 Å². The normalized spacial score (nSPS) is 10.4. The fourth-order valence-corrected chi connectivity index (χ4v) is 2.70. The maximum absolute atomic E-state index is 11.3. The Bertz CT molecular complexity index is 631. The van der Waals surface area contributed by atoms with E-state index in [0.717, 1.165) is 16.9 Å². The van der Waals surface area contributed by atoms with Crippen LogP contribution in [-0.2, 0) is 11.3 Å². The number of hydrogen-bond acceptors (Lipinski definition) is 6. The van der Waals surface area contributed by atoms with Gasteiger partial charge in [-0.25, -0.2) is 9.78 Å². The van der Waals surface area contributed by atoms with E-state index in [2.05, 4.69) is 4.98 Å². The van der Waals surface area contributed by atoms with Crippen molar-refractivity contribution >= 4 is 17.3 Å². The molecule has 0 aliphatic carbocycles. The summed E-state index contributed by atoms with van der Waals surface area (Å²) >= 11 is 1.10. The number of hydrogen-bond donors (Lipinski definition) is 1. The van der Waals surface area contributed by atoms with Gasteiger partial charge in [-0.15, -0.1) is 11.3 Å². The number of nitrogens with zero attached hydrogens (tertiary/aromatic N) is 1. The third kappa shape index (κ3) is 3.32. The van der Waals surface area contributed by atoms with E-state index in [1.54, 1.807) is 32.4 Å². The molecular formula is C14H15NO5S. The van der Waals surface area contributed by atoms with Crippen LogP contribution in [0.1, 0.15) is 15.4 Å². The summed E-state index contributed by atoms with van der Waals surface area (Å²) in [6, 6.07) is 5.30. The molecule has 1 N–H and O–H groups in total. The highest BCUT2D eigenvalue weighted by Gasteiger charge is 2.18. The van der Waals surface area contributed by atoms with Gasteiger partial charge in [0.25, 0.3) is 0 Å². The molecule has 0 spiro atoms. The molecule has 0 unspecified atom stereocenters. The Balaban J connectivity index is 2.50. The second-order valence-electron chi connectivity index (χ2n) is 4.13. The van der Waals surface area contributed by atoms with Gasteiger partial charge in [-0.05, 0) is 12.1 Å². The van der Waals surface area contributed by atoms with Gasteiger partial charge in [-0.3, -0.25) is 0 Å². The standard InChI is InChI=1S/C14H15NO5S/c1-18-7-11-12(14(16)17)21-13(15-11)8-4-9(19-2)6-10(5-8)20-3/h4-6H,7H2,1-3H3,(H,16,17). The minimum Gasteiger partial charge on any atom is -0.497 e. The molecular weight excluding hydrogens is 294 g/mol. The zero-order valence-electron chi connectivity index (χ0n) is 11.9. The average Bonchev–Trinajstić information content (AvgIpc) is 2.91. The van der Waals surface area contributed by atoms with Crippen LogP contribution >= 0.6 is 11.3 Å². The predicted octanol–water partition coefficient (Wildman–Crippen LogP) is 2.67. The first-order chi connectivity index (χ1) is 10.1. The quantitative estimate of drug-likeness (QED) is 0.884. The van der Waals surface area contributed by atoms with E-state index in [9.17, 15) is 9.90 Å². The smallest absolute Gasteiger partial charge is 0.347 e. The van der Waals surface area contributed by atoms with Crippen LogP contribution in [0.4, 0.5) is 0 Å². The second-order valence-corrected chi connectivity index (χ2v) is 5.13. The van der Waals surface area contributed by atoms with E-state index < -0.39 is 5.97 Å². The molecule has 2 rings (SSSR count). The summed E-state index contributed by atoms with van der Waals surface area (Å²) in [6.07, 6.45) is 0. The third-order valence-electron chi connectivity index (χ3n) is 2.77. The zero-order chi connectivity index (χ0) is 15.4. The minimum absolute atomic E-state index is 0.152. The first-order valence-electron chi connectivity index (χ1n) is 6.04. The summed E-state index contributed by atoms with van der Waals surface area (Å²) in [5.41, 5.74) is 1.15. The number of carboxylic acid groups (broad SMARTS) is 1. The number of benzene rings is 1. The fourth-order valence-electron chi connectivity index (χ4n) is 1.81. The number of rotatable bonds is 6. The van der Waals surface area contributed by atoms with Crippen molar-refractivity contribution in [1.29, 1.82) is 0 Å². The lowest BCUT2D eigenvalue weighted by Crippen LogP contribution is -1.99. The van der Waals surface area contributed by atoms with Crippen molar-refractivity contribution in [3.05, 3.63) is 28.8 Å². The van der Waals surface area contributed by atoms with Crippen LogP contribution in [0.15, 0.2) is 18.2 Å². The van der Waals surface area contributed by atoms with Gasteiger partial charge in [-0.2, -0.15) is 0 Å². The van der Waals surface area contributed by atoms with Crippen LogP contribution in [0.3, 0.4) is 0 Å².